The van der Waals surface area contributed by atoms with E-state index in [1.165, 1.54) is 0 Å². The molecule has 0 saturated heterocycles. The maximum atomic E-state index is 9.48. The van der Waals surface area contributed by atoms with Gasteiger partial charge in [0.05, 0.1) is 6.61 Å². The smallest absolute Gasteiger partial charge is 0.120 e. The van der Waals surface area contributed by atoms with Gasteiger partial charge in [0.15, 0.2) is 0 Å². The van der Waals surface area contributed by atoms with Crippen LogP contribution in [0.1, 0.15) is 20.3 Å². The Morgan fingerprint density at radius 3 is 2.55 bits per heavy atom. The minimum Gasteiger partial charge on any atom is -0.508 e. The fraction of sp³-hybridized carbons (Fsp3) is 0.412. The van der Waals surface area contributed by atoms with E-state index in [2.05, 4.69) is 13.8 Å². The number of phenols is 1. The molecule has 2 aromatic rings. The van der Waals surface area contributed by atoms with Crippen LogP contribution in [0.15, 0.2) is 36.4 Å². The molecular formula is C17H22O3. The molecule has 3 nitrogen and oxygen atoms in total. The summed E-state index contributed by atoms with van der Waals surface area (Å²) in [6, 6.07) is 11.2. The van der Waals surface area contributed by atoms with Gasteiger partial charge < -0.3 is 14.6 Å². The number of benzene rings is 2. The van der Waals surface area contributed by atoms with Crippen molar-refractivity contribution in [2.24, 2.45) is 5.92 Å². The van der Waals surface area contributed by atoms with Crippen LogP contribution in [0, 0.1) is 5.92 Å². The second kappa shape index (κ2) is 7.15. The number of phenolic OH excluding ortho intramolecular Hbond substituents is 1. The van der Waals surface area contributed by atoms with Crippen LogP contribution >= 0.6 is 0 Å². The Labute approximate surface area is 120 Å². The van der Waals surface area contributed by atoms with Crippen LogP contribution < -0.4 is 4.74 Å². The zero-order chi connectivity index (χ0) is 14.4. The lowest BCUT2D eigenvalue weighted by Crippen LogP contribution is -2.08. The predicted octanol–water partition coefficient (Wildman–Crippen LogP) is 3.99. The SMILES string of the molecule is CC(C)CCOCCOc1ccc2ccc(O)cc2c1. The fourth-order valence-electron chi connectivity index (χ4n) is 1.94. The molecule has 0 aliphatic rings. The molecule has 0 amide bonds. The molecule has 0 atom stereocenters. The quantitative estimate of drug-likeness (QED) is 0.776. The van der Waals surface area contributed by atoms with E-state index in [9.17, 15) is 5.11 Å². The van der Waals surface area contributed by atoms with E-state index in [-0.39, 0.29) is 5.75 Å². The Kier molecular flexibility index (Phi) is 5.24. The molecule has 0 bridgehead atoms. The van der Waals surface area contributed by atoms with Crippen molar-refractivity contribution in [3.05, 3.63) is 36.4 Å². The number of rotatable bonds is 7. The number of fused-ring (bicyclic) bond motifs is 1. The summed E-state index contributed by atoms with van der Waals surface area (Å²) in [5, 5.41) is 11.5. The lowest BCUT2D eigenvalue weighted by Gasteiger charge is -2.09. The largest absolute Gasteiger partial charge is 0.508 e. The summed E-state index contributed by atoms with van der Waals surface area (Å²) in [6.07, 6.45) is 1.08. The Balaban J connectivity index is 1.81. The Morgan fingerprint density at radius 1 is 0.950 bits per heavy atom. The van der Waals surface area contributed by atoms with Gasteiger partial charge in [0.2, 0.25) is 0 Å². The van der Waals surface area contributed by atoms with Crippen molar-refractivity contribution in [2.45, 2.75) is 20.3 Å². The molecule has 1 N–H and O–H groups in total. The van der Waals surface area contributed by atoms with Gasteiger partial charge in [-0.15, -0.1) is 0 Å². The van der Waals surface area contributed by atoms with E-state index in [0.717, 1.165) is 29.5 Å². The number of hydrogen-bond donors (Lipinski definition) is 1. The highest BCUT2D eigenvalue weighted by atomic mass is 16.5. The zero-order valence-electron chi connectivity index (χ0n) is 12.1. The Bertz CT molecular complexity index is 549. The molecule has 0 aromatic heterocycles. The fourth-order valence-corrected chi connectivity index (χ4v) is 1.94. The molecule has 0 heterocycles. The highest BCUT2D eigenvalue weighted by Crippen LogP contribution is 2.24. The van der Waals surface area contributed by atoms with Gasteiger partial charge in [-0.25, -0.2) is 0 Å². The number of ether oxygens (including phenoxy) is 2. The molecule has 0 saturated carbocycles. The monoisotopic (exact) mass is 274 g/mol. The van der Waals surface area contributed by atoms with E-state index in [1.807, 2.05) is 24.3 Å². The average Bonchev–Trinajstić information content (AvgIpc) is 2.42. The van der Waals surface area contributed by atoms with Crippen molar-refractivity contribution in [1.29, 1.82) is 0 Å². The molecule has 0 spiro atoms. The predicted molar refractivity (Wildman–Crippen MR) is 81.4 cm³/mol. The lowest BCUT2D eigenvalue weighted by atomic mass is 10.1. The molecule has 0 fully saturated rings. The van der Waals surface area contributed by atoms with Gasteiger partial charge in [-0.05, 0) is 47.4 Å². The molecule has 3 heteroatoms. The molecule has 2 aromatic carbocycles. The molecule has 0 aliphatic heterocycles. The molecule has 2 rings (SSSR count). The minimum absolute atomic E-state index is 0.270. The van der Waals surface area contributed by atoms with Gasteiger partial charge >= 0.3 is 0 Å². The lowest BCUT2D eigenvalue weighted by molar-refractivity contribution is 0.0926. The summed E-state index contributed by atoms with van der Waals surface area (Å²) in [6.45, 7) is 6.30. The zero-order valence-corrected chi connectivity index (χ0v) is 12.1. The molecule has 0 unspecified atom stereocenters. The molecular weight excluding hydrogens is 252 g/mol. The summed E-state index contributed by atoms with van der Waals surface area (Å²) in [7, 11) is 0. The highest BCUT2D eigenvalue weighted by molar-refractivity contribution is 5.85. The first-order valence-electron chi connectivity index (χ1n) is 7.08. The summed E-state index contributed by atoms with van der Waals surface area (Å²) < 4.78 is 11.2. The van der Waals surface area contributed by atoms with E-state index >= 15 is 0 Å². The van der Waals surface area contributed by atoms with Gasteiger partial charge in [0, 0.05) is 6.61 Å². The van der Waals surface area contributed by atoms with Crippen molar-refractivity contribution in [2.75, 3.05) is 19.8 Å². The van der Waals surface area contributed by atoms with Gasteiger partial charge in [0.25, 0.3) is 0 Å². The van der Waals surface area contributed by atoms with Crippen LogP contribution in [0.2, 0.25) is 0 Å². The number of hydrogen-bond acceptors (Lipinski definition) is 3. The molecule has 0 radical (unpaired) electrons. The number of aromatic hydroxyl groups is 1. The van der Waals surface area contributed by atoms with Gasteiger partial charge in [-0.3, -0.25) is 0 Å². The van der Waals surface area contributed by atoms with Crippen LogP contribution in [0.5, 0.6) is 11.5 Å². The van der Waals surface area contributed by atoms with Gasteiger partial charge in [-0.2, -0.15) is 0 Å². The second-order valence-corrected chi connectivity index (χ2v) is 5.34. The van der Waals surface area contributed by atoms with E-state index in [0.29, 0.717) is 19.1 Å². The molecule has 20 heavy (non-hydrogen) atoms. The van der Waals surface area contributed by atoms with Crippen molar-refractivity contribution in [3.63, 3.8) is 0 Å². The third-order valence-electron chi connectivity index (χ3n) is 3.13. The van der Waals surface area contributed by atoms with Gasteiger partial charge in [-0.1, -0.05) is 26.0 Å². The second-order valence-electron chi connectivity index (χ2n) is 5.34. The first-order valence-corrected chi connectivity index (χ1v) is 7.08. The first kappa shape index (κ1) is 14.7. The average molecular weight is 274 g/mol. The van der Waals surface area contributed by atoms with Crippen LogP contribution in [0.25, 0.3) is 10.8 Å². The topological polar surface area (TPSA) is 38.7 Å². The third kappa shape index (κ3) is 4.42. The highest BCUT2D eigenvalue weighted by Gasteiger charge is 1.99. The molecule has 0 aliphatic carbocycles. The third-order valence-corrected chi connectivity index (χ3v) is 3.13. The van der Waals surface area contributed by atoms with Crippen molar-refractivity contribution >= 4 is 10.8 Å². The van der Waals surface area contributed by atoms with Crippen molar-refractivity contribution < 1.29 is 14.6 Å². The van der Waals surface area contributed by atoms with E-state index < -0.39 is 0 Å². The maximum Gasteiger partial charge on any atom is 0.120 e. The first-order chi connectivity index (χ1) is 9.65. The summed E-state index contributed by atoms with van der Waals surface area (Å²) in [5.41, 5.74) is 0. The van der Waals surface area contributed by atoms with Crippen LogP contribution in [0.3, 0.4) is 0 Å². The molecule has 108 valence electrons. The van der Waals surface area contributed by atoms with E-state index in [1.54, 1.807) is 12.1 Å². The standard InChI is InChI=1S/C17H22O3/c1-13(2)7-8-19-9-10-20-17-6-4-14-3-5-16(18)11-15(14)12-17/h3-6,11-13,18H,7-10H2,1-2H3. The summed E-state index contributed by atoms with van der Waals surface area (Å²) in [5.74, 6) is 1.74. The summed E-state index contributed by atoms with van der Waals surface area (Å²) in [4.78, 5) is 0. The minimum atomic E-state index is 0.270. The van der Waals surface area contributed by atoms with Crippen molar-refractivity contribution in [3.8, 4) is 11.5 Å². The maximum absolute atomic E-state index is 9.48. The van der Waals surface area contributed by atoms with Crippen LogP contribution in [0.4, 0.5) is 0 Å². The van der Waals surface area contributed by atoms with Crippen LogP contribution in [-0.4, -0.2) is 24.9 Å². The van der Waals surface area contributed by atoms with Crippen LogP contribution in [-0.2, 0) is 4.74 Å². The van der Waals surface area contributed by atoms with Crippen molar-refractivity contribution in [1.82, 2.24) is 0 Å². The Hall–Kier alpha value is -1.74. The normalized spacial score (nSPS) is 11.2. The summed E-state index contributed by atoms with van der Waals surface area (Å²) >= 11 is 0. The Morgan fingerprint density at radius 2 is 1.75 bits per heavy atom. The van der Waals surface area contributed by atoms with E-state index in [4.69, 9.17) is 9.47 Å². The van der Waals surface area contributed by atoms with Gasteiger partial charge in [0.1, 0.15) is 18.1 Å².